The second-order valence-corrected chi connectivity index (χ2v) is 7.80. The molecule has 2 aromatic rings. The Kier molecular flexibility index (Phi) is 4.96. The lowest BCUT2D eigenvalue weighted by atomic mass is 9.87. The molecule has 0 spiro atoms. The summed E-state index contributed by atoms with van der Waals surface area (Å²) < 4.78 is 12.4. The van der Waals surface area contributed by atoms with Crippen molar-refractivity contribution in [1.82, 2.24) is 0 Å². The van der Waals surface area contributed by atoms with Crippen LogP contribution < -0.4 is 5.73 Å². The molecular weight excluding hydrogens is 278 g/mol. The molecule has 2 rings (SSSR count). The molecule has 0 saturated carbocycles. The summed E-state index contributed by atoms with van der Waals surface area (Å²) in [6.07, 6.45) is 0. The molecule has 2 nitrogen and oxygen atoms in total. The van der Waals surface area contributed by atoms with Crippen LogP contribution in [0.5, 0.6) is 0 Å². The summed E-state index contributed by atoms with van der Waals surface area (Å²) in [6, 6.07) is 17.6. The Morgan fingerprint density at radius 3 is 2.10 bits per heavy atom. The molecule has 2 N–H and O–H groups in total. The van der Waals surface area contributed by atoms with Crippen molar-refractivity contribution in [3.63, 3.8) is 0 Å². The molecule has 0 amide bonds. The van der Waals surface area contributed by atoms with E-state index in [0.717, 1.165) is 10.5 Å². The first-order valence-electron chi connectivity index (χ1n) is 7.17. The van der Waals surface area contributed by atoms with Crippen LogP contribution >= 0.6 is 0 Å². The largest absolute Gasteiger partial charge is 0.323 e. The van der Waals surface area contributed by atoms with Crippen molar-refractivity contribution in [3.8, 4) is 0 Å². The van der Waals surface area contributed by atoms with E-state index in [1.165, 1.54) is 5.56 Å². The Morgan fingerprint density at radius 1 is 1.00 bits per heavy atom. The van der Waals surface area contributed by atoms with Crippen molar-refractivity contribution in [1.29, 1.82) is 0 Å². The van der Waals surface area contributed by atoms with Crippen LogP contribution in [0, 0.1) is 0 Å². The Balaban J connectivity index is 2.07. The van der Waals surface area contributed by atoms with Crippen molar-refractivity contribution < 1.29 is 4.21 Å². The van der Waals surface area contributed by atoms with Gasteiger partial charge in [0.25, 0.3) is 0 Å². The lowest BCUT2D eigenvalue weighted by Crippen LogP contribution is -2.18. The highest BCUT2D eigenvalue weighted by Gasteiger charge is 2.15. The summed E-state index contributed by atoms with van der Waals surface area (Å²) in [6.45, 7) is 6.51. The molecule has 0 heterocycles. The van der Waals surface area contributed by atoms with Gasteiger partial charge in [0.2, 0.25) is 0 Å². The first-order valence-corrected chi connectivity index (χ1v) is 8.49. The molecule has 2 aromatic carbocycles. The third-order valence-corrected chi connectivity index (χ3v) is 5.00. The van der Waals surface area contributed by atoms with E-state index in [-0.39, 0.29) is 11.5 Å². The van der Waals surface area contributed by atoms with Crippen LogP contribution in [0.15, 0.2) is 59.5 Å². The number of benzene rings is 2. The predicted octanol–water partition coefficient (Wildman–Crippen LogP) is 3.79. The van der Waals surface area contributed by atoms with E-state index in [0.29, 0.717) is 5.75 Å². The highest BCUT2D eigenvalue weighted by Crippen LogP contribution is 2.23. The Hall–Kier alpha value is -1.45. The van der Waals surface area contributed by atoms with E-state index in [4.69, 9.17) is 5.73 Å². The van der Waals surface area contributed by atoms with Gasteiger partial charge in [0.1, 0.15) is 0 Å². The van der Waals surface area contributed by atoms with E-state index in [2.05, 4.69) is 32.9 Å². The zero-order valence-electron chi connectivity index (χ0n) is 12.9. The molecule has 112 valence electrons. The minimum atomic E-state index is -1.07. The zero-order chi connectivity index (χ0) is 15.5. The van der Waals surface area contributed by atoms with Crippen molar-refractivity contribution in [3.05, 3.63) is 65.7 Å². The molecule has 0 bridgehead atoms. The maximum absolute atomic E-state index is 12.4. The molecule has 21 heavy (non-hydrogen) atoms. The van der Waals surface area contributed by atoms with Crippen molar-refractivity contribution in [2.75, 3.05) is 5.75 Å². The van der Waals surface area contributed by atoms with Gasteiger partial charge in [-0.2, -0.15) is 0 Å². The first kappa shape index (κ1) is 15.9. The number of hydrogen-bond donors (Lipinski definition) is 1. The fourth-order valence-corrected chi connectivity index (χ4v) is 3.31. The Labute approximate surface area is 129 Å². The van der Waals surface area contributed by atoms with Crippen LogP contribution in [-0.4, -0.2) is 9.96 Å². The van der Waals surface area contributed by atoms with E-state index < -0.39 is 10.8 Å². The van der Waals surface area contributed by atoms with Crippen LogP contribution in [0.4, 0.5) is 0 Å². The summed E-state index contributed by atoms with van der Waals surface area (Å²) in [5.41, 5.74) is 8.52. The molecule has 0 fully saturated rings. The molecule has 0 aromatic heterocycles. The lowest BCUT2D eigenvalue weighted by Gasteiger charge is -2.19. The molecule has 0 aliphatic rings. The Bertz CT molecular complexity index is 599. The average Bonchev–Trinajstić information content (AvgIpc) is 2.47. The summed E-state index contributed by atoms with van der Waals surface area (Å²) >= 11 is 0. The third-order valence-electron chi connectivity index (χ3n) is 3.54. The summed E-state index contributed by atoms with van der Waals surface area (Å²) in [5, 5.41) is 0. The third kappa shape index (κ3) is 4.26. The van der Waals surface area contributed by atoms with Gasteiger partial charge >= 0.3 is 0 Å². The normalized spacial score (nSPS) is 14.7. The summed E-state index contributed by atoms with van der Waals surface area (Å²) in [4.78, 5) is 0.842. The van der Waals surface area contributed by atoms with Crippen LogP contribution in [0.2, 0.25) is 0 Å². The van der Waals surface area contributed by atoms with E-state index in [9.17, 15) is 4.21 Å². The van der Waals surface area contributed by atoms with Gasteiger partial charge in [0.05, 0.1) is 10.8 Å². The summed E-state index contributed by atoms with van der Waals surface area (Å²) in [7, 11) is -1.07. The minimum Gasteiger partial charge on any atom is -0.323 e. The van der Waals surface area contributed by atoms with Gasteiger partial charge in [-0.1, -0.05) is 63.2 Å². The fourth-order valence-electron chi connectivity index (χ4n) is 2.16. The molecule has 3 heteroatoms. The molecule has 2 unspecified atom stereocenters. The van der Waals surface area contributed by atoms with Gasteiger partial charge in [-0.05, 0) is 28.7 Å². The molecule has 0 aliphatic heterocycles. The number of rotatable bonds is 4. The molecule has 0 aliphatic carbocycles. The molecular formula is C18H23NOS. The predicted molar refractivity (Wildman–Crippen MR) is 89.8 cm³/mol. The van der Waals surface area contributed by atoms with E-state index in [1.807, 2.05) is 42.5 Å². The number of nitrogens with two attached hydrogens (primary N) is 1. The minimum absolute atomic E-state index is 0.112. The van der Waals surface area contributed by atoms with Crippen LogP contribution in [0.3, 0.4) is 0 Å². The summed E-state index contributed by atoms with van der Waals surface area (Å²) in [5.74, 6) is 0.443. The van der Waals surface area contributed by atoms with Gasteiger partial charge in [0.15, 0.2) is 0 Å². The van der Waals surface area contributed by atoms with Gasteiger partial charge in [0, 0.05) is 16.7 Å². The molecule has 2 atom stereocenters. The van der Waals surface area contributed by atoms with Gasteiger partial charge in [-0.3, -0.25) is 4.21 Å². The second-order valence-electron chi connectivity index (χ2n) is 6.30. The van der Waals surface area contributed by atoms with E-state index in [1.54, 1.807) is 0 Å². The second kappa shape index (κ2) is 6.54. The van der Waals surface area contributed by atoms with Crippen LogP contribution in [0.1, 0.15) is 37.9 Å². The van der Waals surface area contributed by atoms with Crippen LogP contribution in [0.25, 0.3) is 0 Å². The number of hydrogen-bond acceptors (Lipinski definition) is 2. The smallest absolute Gasteiger partial charge is 0.0548 e. The SMILES string of the molecule is CC(C)(C)c1ccc(S(=O)CC(N)c2ccccc2)cc1. The van der Waals surface area contributed by atoms with E-state index >= 15 is 0 Å². The van der Waals surface area contributed by atoms with Crippen molar-refractivity contribution in [2.45, 2.75) is 37.1 Å². The van der Waals surface area contributed by atoms with Gasteiger partial charge in [-0.25, -0.2) is 0 Å². The lowest BCUT2D eigenvalue weighted by molar-refractivity contribution is 0.589. The molecule has 0 saturated heterocycles. The van der Waals surface area contributed by atoms with Crippen molar-refractivity contribution in [2.24, 2.45) is 5.73 Å². The quantitative estimate of drug-likeness (QED) is 0.933. The topological polar surface area (TPSA) is 43.1 Å². The Morgan fingerprint density at radius 2 is 1.57 bits per heavy atom. The van der Waals surface area contributed by atoms with Crippen LogP contribution in [-0.2, 0) is 16.2 Å². The maximum Gasteiger partial charge on any atom is 0.0548 e. The highest BCUT2D eigenvalue weighted by atomic mass is 32.2. The standard InChI is InChI=1S/C18H23NOS/c1-18(2,3)15-9-11-16(12-10-15)21(20)13-17(19)14-7-5-4-6-8-14/h4-12,17H,13,19H2,1-3H3. The van der Waals surface area contributed by atoms with Gasteiger partial charge < -0.3 is 5.73 Å². The maximum atomic E-state index is 12.4. The monoisotopic (exact) mass is 301 g/mol. The average molecular weight is 301 g/mol. The highest BCUT2D eigenvalue weighted by molar-refractivity contribution is 7.85. The van der Waals surface area contributed by atoms with Gasteiger partial charge in [-0.15, -0.1) is 0 Å². The zero-order valence-corrected chi connectivity index (χ0v) is 13.7. The fraction of sp³-hybridized carbons (Fsp3) is 0.333. The first-order chi connectivity index (χ1) is 9.88. The van der Waals surface area contributed by atoms with Crippen molar-refractivity contribution >= 4 is 10.8 Å². The molecule has 0 radical (unpaired) electrons.